The number of phenols is 3. The second-order valence-electron chi connectivity index (χ2n) is 5.33. The molecule has 4 N–H and O–H groups in total. The number of aromatic hydroxyl groups is 3. The van der Waals surface area contributed by atoms with Gasteiger partial charge in [0.25, 0.3) is 0 Å². The van der Waals surface area contributed by atoms with Crippen molar-refractivity contribution in [3.8, 4) is 17.2 Å². The zero-order valence-corrected chi connectivity index (χ0v) is 14.3. The van der Waals surface area contributed by atoms with Gasteiger partial charge in [0.2, 0.25) is 5.75 Å². The monoisotopic (exact) mass is 392 g/mol. The topological polar surface area (TPSA) is 76.0 Å². The largest absolute Gasteiger partial charge is 0.504 e. The molecule has 0 bridgehead atoms. The van der Waals surface area contributed by atoms with E-state index in [9.17, 15) is 28.5 Å². The van der Waals surface area contributed by atoms with Gasteiger partial charge in [-0.3, -0.25) is 4.90 Å². The Morgan fingerprint density at radius 1 is 1.04 bits per heavy atom. The van der Waals surface area contributed by atoms with Crippen LogP contribution in [0.4, 0.5) is 13.2 Å². The van der Waals surface area contributed by atoms with Gasteiger partial charge in [-0.2, -0.15) is 13.2 Å². The minimum absolute atomic E-state index is 0. The van der Waals surface area contributed by atoms with Crippen molar-refractivity contribution in [3.63, 3.8) is 0 Å². The van der Waals surface area contributed by atoms with Crippen LogP contribution in [0.2, 0.25) is 0 Å². The van der Waals surface area contributed by atoms with Gasteiger partial charge in [-0.25, -0.2) is 0 Å². The lowest BCUT2D eigenvalue weighted by molar-refractivity contribution is -0.138. The standard InChI is InChI=1S/C14H19F3N2O3.2ClH/c15-14(16,17)4-3-10(19-7-5-18-6-8-19)9-1-2-11(20)13(22)12(9)21;;/h1-2,10,18,20-22H,3-8H2;2*1H/t10-;;/m0../s1. The number of nitrogens with zero attached hydrogens (tertiary/aromatic N) is 1. The molecule has 10 heteroatoms. The van der Waals surface area contributed by atoms with E-state index in [0.717, 1.165) is 0 Å². The molecule has 1 heterocycles. The summed E-state index contributed by atoms with van der Waals surface area (Å²) in [5, 5.41) is 32.1. The van der Waals surface area contributed by atoms with Crippen molar-refractivity contribution in [3.05, 3.63) is 17.7 Å². The van der Waals surface area contributed by atoms with Crippen LogP contribution in [0.25, 0.3) is 0 Å². The third-order valence-corrected chi connectivity index (χ3v) is 3.81. The highest BCUT2D eigenvalue weighted by molar-refractivity contribution is 5.85. The number of alkyl halides is 3. The van der Waals surface area contributed by atoms with Gasteiger partial charge in [0.05, 0.1) is 0 Å². The number of hydrogen-bond donors (Lipinski definition) is 4. The predicted octanol–water partition coefficient (Wildman–Crippen LogP) is 2.94. The Kier molecular flexibility index (Phi) is 8.98. The van der Waals surface area contributed by atoms with E-state index in [2.05, 4.69) is 5.32 Å². The summed E-state index contributed by atoms with van der Waals surface area (Å²) in [5.74, 6) is -1.77. The summed E-state index contributed by atoms with van der Waals surface area (Å²) >= 11 is 0. The van der Waals surface area contributed by atoms with E-state index in [1.54, 1.807) is 0 Å². The van der Waals surface area contributed by atoms with E-state index in [0.29, 0.717) is 26.2 Å². The SMILES string of the molecule is Cl.Cl.Oc1ccc([C@H](CCC(F)(F)F)N2CCNCC2)c(O)c1O. The van der Waals surface area contributed by atoms with Crippen molar-refractivity contribution in [2.45, 2.75) is 25.1 Å². The number of benzene rings is 1. The second-order valence-corrected chi connectivity index (χ2v) is 5.33. The van der Waals surface area contributed by atoms with E-state index in [-0.39, 0.29) is 36.8 Å². The van der Waals surface area contributed by atoms with Crippen LogP contribution in [-0.4, -0.2) is 52.6 Å². The molecule has 0 aromatic heterocycles. The molecule has 0 unspecified atom stereocenters. The number of piperazine rings is 1. The van der Waals surface area contributed by atoms with E-state index in [4.69, 9.17) is 0 Å². The molecular formula is C14H21Cl2F3N2O3. The summed E-state index contributed by atoms with van der Waals surface area (Å²) in [6, 6.07) is 1.86. The Bertz CT molecular complexity index is 527. The minimum Gasteiger partial charge on any atom is -0.504 e. The molecule has 1 aromatic rings. The van der Waals surface area contributed by atoms with Gasteiger partial charge in [-0.15, -0.1) is 24.8 Å². The molecule has 5 nitrogen and oxygen atoms in total. The van der Waals surface area contributed by atoms with Crippen molar-refractivity contribution >= 4 is 24.8 Å². The molecule has 1 aromatic carbocycles. The van der Waals surface area contributed by atoms with Crippen LogP contribution < -0.4 is 5.32 Å². The Labute approximate surface area is 150 Å². The van der Waals surface area contributed by atoms with Crippen molar-refractivity contribution in [1.82, 2.24) is 10.2 Å². The summed E-state index contributed by atoms with van der Waals surface area (Å²) in [6.45, 7) is 2.38. The Balaban J connectivity index is 0.00000264. The number of phenolic OH excluding ortho intramolecular Hbond substituents is 3. The van der Waals surface area contributed by atoms with Crippen LogP contribution >= 0.6 is 24.8 Å². The van der Waals surface area contributed by atoms with Crippen LogP contribution in [-0.2, 0) is 0 Å². The summed E-state index contributed by atoms with van der Waals surface area (Å²) in [6.07, 6.45) is -5.50. The Morgan fingerprint density at radius 2 is 1.62 bits per heavy atom. The van der Waals surface area contributed by atoms with Crippen LogP contribution in [0.1, 0.15) is 24.4 Å². The minimum atomic E-state index is -4.29. The lowest BCUT2D eigenvalue weighted by Gasteiger charge is -2.35. The van der Waals surface area contributed by atoms with Gasteiger partial charge in [-0.05, 0) is 18.6 Å². The highest BCUT2D eigenvalue weighted by Gasteiger charge is 2.33. The van der Waals surface area contributed by atoms with Gasteiger partial charge in [0.15, 0.2) is 11.5 Å². The molecule has 1 saturated heterocycles. The number of hydrogen-bond acceptors (Lipinski definition) is 5. The van der Waals surface area contributed by atoms with Crippen LogP contribution in [0, 0.1) is 0 Å². The lowest BCUT2D eigenvalue weighted by atomic mass is 9.97. The van der Waals surface area contributed by atoms with Gasteiger partial charge < -0.3 is 20.6 Å². The number of nitrogens with one attached hydrogen (secondary N) is 1. The van der Waals surface area contributed by atoms with Gasteiger partial charge in [0.1, 0.15) is 0 Å². The van der Waals surface area contributed by atoms with Crippen molar-refractivity contribution in [2.75, 3.05) is 26.2 Å². The van der Waals surface area contributed by atoms with Gasteiger partial charge >= 0.3 is 6.18 Å². The highest BCUT2D eigenvalue weighted by Crippen LogP contribution is 2.43. The molecule has 1 aliphatic rings. The third kappa shape index (κ3) is 5.77. The molecule has 1 fully saturated rings. The first-order valence-electron chi connectivity index (χ1n) is 7.05. The summed E-state index contributed by atoms with van der Waals surface area (Å²) in [4.78, 5) is 1.84. The molecule has 2 rings (SSSR count). The van der Waals surface area contributed by atoms with Crippen LogP contribution in [0.3, 0.4) is 0 Å². The molecule has 140 valence electrons. The van der Waals surface area contributed by atoms with Crippen molar-refractivity contribution < 1.29 is 28.5 Å². The number of rotatable bonds is 4. The second kappa shape index (κ2) is 9.41. The van der Waals surface area contributed by atoms with Gasteiger partial charge in [-0.1, -0.05) is 0 Å². The summed E-state index contributed by atoms with van der Waals surface area (Å²) in [5.41, 5.74) is 0.196. The third-order valence-electron chi connectivity index (χ3n) is 3.81. The molecular weight excluding hydrogens is 372 g/mol. The predicted molar refractivity (Wildman–Crippen MR) is 88.4 cm³/mol. The quantitative estimate of drug-likeness (QED) is 0.592. The molecule has 0 spiro atoms. The Morgan fingerprint density at radius 3 is 2.17 bits per heavy atom. The van der Waals surface area contributed by atoms with E-state index >= 15 is 0 Å². The van der Waals surface area contributed by atoms with Crippen molar-refractivity contribution in [2.24, 2.45) is 0 Å². The zero-order chi connectivity index (χ0) is 16.3. The smallest absolute Gasteiger partial charge is 0.389 e. The van der Waals surface area contributed by atoms with Gasteiger partial charge in [0, 0.05) is 44.2 Å². The average molecular weight is 393 g/mol. The first-order chi connectivity index (χ1) is 10.3. The number of halogens is 5. The lowest BCUT2D eigenvalue weighted by Crippen LogP contribution is -2.45. The van der Waals surface area contributed by atoms with Crippen LogP contribution in [0.15, 0.2) is 12.1 Å². The molecule has 0 radical (unpaired) electrons. The maximum Gasteiger partial charge on any atom is 0.389 e. The fourth-order valence-corrected chi connectivity index (χ4v) is 2.68. The van der Waals surface area contributed by atoms with E-state index in [1.807, 2.05) is 4.90 Å². The van der Waals surface area contributed by atoms with Crippen molar-refractivity contribution in [1.29, 1.82) is 0 Å². The normalized spacial score (nSPS) is 16.8. The molecule has 0 saturated carbocycles. The molecule has 1 aliphatic heterocycles. The maximum absolute atomic E-state index is 12.6. The molecule has 0 amide bonds. The average Bonchev–Trinajstić information content (AvgIpc) is 2.47. The van der Waals surface area contributed by atoms with E-state index < -0.39 is 35.9 Å². The molecule has 1 atom stereocenters. The summed E-state index contributed by atoms with van der Waals surface area (Å²) < 4.78 is 37.7. The maximum atomic E-state index is 12.6. The zero-order valence-electron chi connectivity index (χ0n) is 12.7. The first-order valence-corrected chi connectivity index (χ1v) is 7.05. The molecule has 24 heavy (non-hydrogen) atoms. The molecule has 0 aliphatic carbocycles. The Hall–Kier alpha value is -1.09. The fourth-order valence-electron chi connectivity index (χ4n) is 2.68. The fraction of sp³-hybridized carbons (Fsp3) is 0.571. The first kappa shape index (κ1) is 22.9. The van der Waals surface area contributed by atoms with E-state index in [1.165, 1.54) is 12.1 Å². The highest BCUT2D eigenvalue weighted by atomic mass is 35.5. The van der Waals surface area contributed by atoms with Crippen LogP contribution in [0.5, 0.6) is 17.2 Å². The summed E-state index contributed by atoms with van der Waals surface area (Å²) in [7, 11) is 0.